The number of ether oxygens (including phenoxy) is 1. The van der Waals surface area contributed by atoms with Crippen molar-refractivity contribution in [3.8, 4) is 95.0 Å². The number of carbonyl (C=O) groups is 5. The quantitative estimate of drug-likeness (QED) is 0.0565. The second kappa shape index (κ2) is 38.4. The maximum atomic E-state index is 11.8. The van der Waals surface area contributed by atoms with Gasteiger partial charge in [-0.15, -0.1) is 0 Å². The maximum Gasteiger partial charge on any atom is 0.338 e. The molecule has 0 atom stereocenters. The molecule has 1 amide bonds. The van der Waals surface area contributed by atoms with Gasteiger partial charge in [-0.25, -0.2) is 34.1 Å². The lowest BCUT2D eigenvalue weighted by molar-refractivity contribution is 0.0342. The van der Waals surface area contributed by atoms with E-state index in [1.165, 1.54) is 66.0 Å². The molecule has 1 aliphatic heterocycles. The van der Waals surface area contributed by atoms with Crippen LogP contribution >= 0.6 is 0 Å². The highest BCUT2D eigenvalue weighted by atomic mass is 16.5. The highest BCUT2D eigenvalue weighted by Gasteiger charge is 2.23. The fraction of sp³-hybridized carbons (Fsp3) is 0.156. The number of hydrogen-bond donors (Lipinski definition) is 5. The van der Waals surface area contributed by atoms with E-state index in [1.54, 1.807) is 79.6 Å². The lowest BCUT2D eigenvalue weighted by Crippen LogP contribution is -2.35. The molecule has 0 spiro atoms. The number of carboxylic acids is 4. The summed E-state index contributed by atoms with van der Waals surface area (Å²) in [7, 11) is 8.89. The zero-order chi connectivity index (χ0) is 95.6. The Morgan fingerprint density at radius 1 is 0.324 bits per heavy atom. The Balaban J connectivity index is 0.000000118. The van der Waals surface area contributed by atoms with Crippen molar-refractivity contribution in [3.63, 3.8) is 0 Å². The molecule has 0 saturated carbocycles. The molecular formula is C109H99N17O10. The first-order valence-electron chi connectivity index (χ1n) is 44.2. The van der Waals surface area contributed by atoms with Gasteiger partial charge in [0.05, 0.1) is 87.6 Å². The van der Waals surface area contributed by atoms with Gasteiger partial charge in [0.2, 0.25) is 0 Å². The number of benzene rings is 12. The number of aryl methyl sites for hydroxylation is 12. The summed E-state index contributed by atoms with van der Waals surface area (Å²) in [6, 6.07) is 88.6. The second-order valence-electron chi connectivity index (χ2n) is 34.0. The fourth-order valence-corrected chi connectivity index (χ4v) is 17.8. The molecule has 0 unspecified atom stereocenters. The Labute approximate surface area is 783 Å². The van der Waals surface area contributed by atoms with Gasteiger partial charge in [-0.2, -0.15) is 30.0 Å². The molecular weight excluding hydrogens is 1710 g/mol. The Bertz CT molecular complexity index is 7800. The third kappa shape index (κ3) is 19.0. The summed E-state index contributed by atoms with van der Waals surface area (Å²) in [5.74, 6) is -4.38. The van der Waals surface area contributed by atoms with Crippen LogP contribution < -0.4 is 5.73 Å². The zero-order valence-corrected chi connectivity index (χ0v) is 77.1. The van der Waals surface area contributed by atoms with Crippen LogP contribution in [0, 0.1) is 48.5 Å². The average Bonchev–Trinajstić information content (AvgIpc) is 1.37. The molecule has 1 fully saturated rings. The molecule has 12 aromatic carbocycles. The number of carbonyl (C=O) groups excluding carboxylic acids is 1. The number of aromatic nitrogens is 15. The number of nitrogens with zero attached hydrogens (tertiary/aromatic N) is 16. The lowest BCUT2D eigenvalue weighted by Gasteiger charge is -2.26. The standard InChI is InChI=1S/C26H25N3O3.C21H18N4O.2C21H19N3O2.C20H18N4O2/c1-28-17-27-24-15-22(14-23(25(24)28)26(30)31)20-7-5-19(6-8-20)21-4-2-3-18(13-21)16-29-9-11-32-12-10-29;1-13-5-3-4-6-17(13)15-9-7-14(8-10-15)16-11-18(21(22)26)20-19(12-16)23-25(2)24-20;1-13-4-5-14(2)24(13)17-8-6-15(7-9-17)16-10-18(21(25)26)20-19(11-16)23(3)12-22-20;1-13-4-5-14(2)24(13)17-8-6-15(7-9-17)16-10-18(21(25)26)20-19(11-16)22-12-23(20)3;1-12-4-5-13(2)24(12)16-8-6-14(7-9-16)15-10-17(20(25)26)19-18(11-15)21-23(3)22-19/h2-8,13-15,17H,9-12,16H2,1H3,(H,30,31);3-12H,1-2H3,(H2,22,26);2*4-12H,1-3H3,(H,25,26);4-11H,1-3H3,(H,25,26). The number of imidazole rings is 3. The Morgan fingerprint density at radius 2 is 0.669 bits per heavy atom. The SMILES string of the molecule is Cc1ccc(C)n1-c1ccc(-c2cc(C(=O)O)c3c(c2)ncn3C)cc1.Cc1ccc(C)n1-c1ccc(-c2cc(C(=O)O)c3ncn(C)c3c2)cc1.Cc1ccc(C)n1-c1ccc(-c2cc(C(=O)O)c3nn(C)nc3c2)cc1.Cc1ccccc1-c1ccc(-c2cc(C(N)=O)c3nn(C)nc3c2)cc1.Cn1cnc2cc(-c3ccc(-c4cccc(CN5CCOCC5)c4)cc3)cc(C(=O)O)c21. The third-order valence-electron chi connectivity index (χ3n) is 24.7. The highest BCUT2D eigenvalue weighted by molar-refractivity contribution is 6.08. The van der Waals surface area contributed by atoms with Crippen molar-refractivity contribution in [2.75, 3.05) is 26.3 Å². The number of amides is 1. The van der Waals surface area contributed by atoms with Gasteiger partial charge in [-0.1, -0.05) is 127 Å². The normalized spacial score (nSPS) is 12.0. The van der Waals surface area contributed by atoms with Gasteiger partial charge in [0, 0.05) is 106 Å². The number of hydrogen-bond acceptors (Lipinski definition) is 14. The summed E-state index contributed by atoms with van der Waals surface area (Å²) in [4.78, 5) is 76.7. The molecule has 1 saturated heterocycles. The summed E-state index contributed by atoms with van der Waals surface area (Å²) in [6.07, 6.45) is 4.93. The topological polar surface area (TPSA) is 334 Å². The van der Waals surface area contributed by atoms with Crippen molar-refractivity contribution in [1.29, 1.82) is 0 Å². The molecule has 136 heavy (non-hydrogen) atoms. The molecule has 6 N–H and O–H groups in total. The summed E-state index contributed by atoms with van der Waals surface area (Å²) < 4.78 is 17.3. The summed E-state index contributed by atoms with van der Waals surface area (Å²) in [5.41, 5.74) is 39.6. The first kappa shape index (κ1) is 90.9. The largest absolute Gasteiger partial charge is 0.478 e. The molecule has 8 aromatic heterocycles. The van der Waals surface area contributed by atoms with E-state index in [0.717, 1.165) is 122 Å². The van der Waals surface area contributed by atoms with Crippen LogP contribution in [0.5, 0.6) is 0 Å². The first-order valence-corrected chi connectivity index (χ1v) is 44.2. The van der Waals surface area contributed by atoms with Crippen LogP contribution in [0.3, 0.4) is 0 Å². The number of nitrogens with two attached hydrogens (primary N) is 1. The van der Waals surface area contributed by atoms with E-state index in [0.29, 0.717) is 55.2 Å². The molecule has 0 radical (unpaired) electrons. The maximum absolute atomic E-state index is 11.8. The first-order chi connectivity index (χ1) is 65.4. The number of aromatic carboxylic acids is 4. The molecule has 1 aliphatic rings. The molecule has 21 rings (SSSR count). The van der Waals surface area contributed by atoms with Crippen LogP contribution in [-0.4, -0.2) is 154 Å². The molecule has 27 nitrogen and oxygen atoms in total. The number of morpholine rings is 1. The van der Waals surface area contributed by atoms with Crippen molar-refractivity contribution >= 4 is 85.0 Å². The minimum Gasteiger partial charge on any atom is -0.478 e. The highest BCUT2D eigenvalue weighted by Crippen LogP contribution is 2.37. The number of fused-ring (bicyclic) bond motifs is 5. The van der Waals surface area contributed by atoms with E-state index >= 15 is 0 Å². The van der Waals surface area contributed by atoms with Crippen LogP contribution in [-0.2, 0) is 46.5 Å². The number of rotatable bonds is 17. The summed E-state index contributed by atoms with van der Waals surface area (Å²) >= 11 is 0. The van der Waals surface area contributed by atoms with Gasteiger partial charge in [0.1, 0.15) is 27.6 Å². The van der Waals surface area contributed by atoms with Crippen molar-refractivity contribution in [1.82, 2.24) is 77.2 Å². The smallest absolute Gasteiger partial charge is 0.338 e. The fourth-order valence-electron chi connectivity index (χ4n) is 17.8. The Hall–Kier alpha value is -17.0. The molecule has 0 aliphatic carbocycles. The van der Waals surface area contributed by atoms with Gasteiger partial charge in [-0.3, -0.25) is 9.69 Å². The van der Waals surface area contributed by atoms with Crippen molar-refractivity contribution in [2.45, 2.75) is 55.0 Å². The predicted octanol–water partition coefficient (Wildman–Crippen LogP) is 20.6. The van der Waals surface area contributed by atoms with Gasteiger partial charge in [0.25, 0.3) is 5.91 Å². The molecule has 9 heterocycles. The van der Waals surface area contributed by atoms with Gasteiger partial charge in [-0.05, 0) is 277 Å². The van der Waals surface area contributed by atoms with Gasteiger partial charge < -0.3 is 58.3 Å². The van der Waals surface area contributed by atoms with Crippen LogP contribution in [0.15, 0.2) is 286 Å². The van der Waals surface area contributed by atoms with Gasteiger partial charge in [0.15, 0.2) is 0 Å². The Kier molecular flexibility index (Phi) is 25.7. The molecule has 0 bridgehead atoms. The van der Waals surface area contributed by atoms with E-state index in [-0.39, 0.29) is 22.3 Å². The summed E-state index contributed by atoms with van der Waals surface area (Å²) in [6.45, 7) is 19.0. The summed E-state index contributed by atoms with van der Waals surface area (Å²) in [5, 5.41) is 55.3. The second-order valence-corrected chi connectivity index (χ2v) is 34.0. The lowest BCUT2D eigenvalue weighted by atomic mass is 9.96. The van der Waals surface area contributed by atoms with Crippen LogP contribution in [0.2, 0.25) is 0 Å². The number of carboxylic acid groups (broad SMARTS) is 4. The van der Waals surface area contributed by atoms with E-state index in [4.69, 9.17) is 10.5 Å². The van der Waals surface area contributed by atoms with Crippen molar-refractivity contribution in [3.05, 3.63) is 359 Å². The van der Waals surface area contributed by atoms with Crippen LogP contribution in [0.1, 0.15) is 97.1 Å². The predicted molar refractivity (Wildman–Crippen MR) is 531 cm³/mol. The minimum absolute atomic E-state index is 0.159. The van der Waals surface area contributed by atoms with E-state index in [2.05, 4.69) is 224 Å². The number of primary amides is 1. The molecule has 680 valence electrons. The van der Waals surface area contributed by atoms with E-state index in [9.17, 15) is 44.4 Å². The molecule has 27 heteroatoms. The Morgan fingerprint density at radius 3 is 1.07 bits per heavy atom. The van der Waals surface area contributed by atoms with E-state index < -0.39 is 29.8 Å². The molecule has 20 aromatic rings. The van der Waals surface area contributed by atoms with Crippen molar-refractivity contribution in [2.24, 2.45) is 41.0 Å². The van der Waals surface area contributed by atoms with Gasteiger partial charge >= 0.3 is 23.9 Å². The zero-order valence-electron chi connectivity index (χ0n) is 77.1. The van der Waals surface area contributed by atoms with Crippen LogP contribution in [0.4, 0.5) is 0 Å². The third-order valence-corrected chi connectivity index (χ3v) is 24.7. The monoisotopic (exact) mass is 1810 g/mol. The van der Waals surface area contributed by atoms with Crippen molar-refractivity contribution < 1.29 is 49.1 Å². The minimum atomic E-state index is -1.01. The van der Waals surface area contributed by atoms with Crippen LogP contribution in [0.25, 0.3) is 150 Å². The van der Waals surface area contributed by atoms with E-state index in [1.807, 2.05) is 134 Å². The average molecular weight is 1810 g/mol.